The van der Waals surface area contributed by atoms with Crippen molar-refractivity contribution in [3.8, 4) is 0 Å². The molecule has 0 aliphatic carbocycles. The summed E-state index contributed by atoms with van der Waals surface area (Å²) in [5.74, 6) is 0.871. The molecule has 108 valence electrons. The predicted molar refractivity (Wildman–Crippen MR) is 81.0 cm³/mol. The van der Waals surface area contributed by atoms with E-state index in [9.17, 15) is 0 Å². The van der Waals surface area contributed by atoms with Gasteiger partial charge in [0.05, 0.1) is 0 Å². The summed E-state index contributed by atoms with van der Waals surface area (Å²) in [6.07, 6.45) is 5.38. The maximum atomic E-state index is 3.70. The normalized spacial score (nSPS) is 28.3. The number of rotatable bonds is 5. The second-order valence-corrected chi connectivity index (χ2v) is 7.30. The number of hydrogen-bond donors (Lipinski definition) is 1. The van der Waals surface area contributed by atoms with Gasteiger partial charge in [-0.3, -0.25) is 4.90 Å². The number of hydrogen-bond acceptors (Lipinski definition) is 2. The van der Waals surface area contributed by atoms with Crippen LogP contribution in [0.1, 0.15) is 67.2 Å². The van der Waals surface area contributed by atoms with E-state index in [0.29, 0.717) is 6.04 Å². The van der Waals surface area contributed by atoms with Crippen molar-refractivity contribution in [2.45, 2.75) is 84.8 Å². The molecule has 3 unspecified atom stereocenters. The van der Waals surface area contributed by atoms with Crippen LogP contribution in [-0.4, -0.2) is 35.6 Å². The van der Waals surface area contributed by atoms with Crippen LogP contribution in [0.15, 0.2) is 0 Å². The first-order valence-corrected chi connectivity index (χ1v) is 7.84. The fraction of sp³-hybridized carbons (Fsp3) is 1.00. The lowest BCUT2D eigenvalue weighted by Crippen LogP contribution is -2.53. The molecule has 1 heterocycles. The molecule has 0 spiro atoms. The molecule has 0 aromatic carbocycles. The van der Waals surface area contributed by atoms with E-state index in [4.69, 9.17) is 0 Å². The average Bonchev–Trinajstić information content (AvgIpc) is 2.26. The SMILES string of the molecule is CCCC(CNC(C)(C)C)N1CC(C)CCC1C. The largest absolute Gasteiger partial charge is 0.311 e. The fourth-order valence-electron chi connectivity index (χ4n) is 2.97. The van der Waals surface area contributed by atoms with Crippen molar-refractivity contribution in [1.29, 1.82) is 0 Å². The maximum Gasteiger partial charge on any atom is 0.0223 e. The molecule has 1 saturated heterocycles. The topological polar surface area (TPSA) is 15.3 Å². The summed E-state index contributed by atoms with van der Waals surface area (Å²) in [6, 6.07) is 1.48. The van der Waals surface area contributed by atoms with Gasteiger partial charge in [-0.2, -0.15) is 0 Å². The summed E-state index contributed by atoms with van der Waals surface area (Å²) in [5, 5.41) is 3.70. The highest BCUT2D eigenvalue weighted by Gasteiger charge is 2.29. The molecule has 18 heavy (non-hydrogen) atoms. The molecular weight excluding hydrogens is 220 g/mol. The zero-order valence-electron chi connectivity index (χ0n) is 13.4. The van der Waals surface area contributed by atoms with E-state index in [1.165, 1.54) is 32.2 Å². The summed E-state index contributed by atoms with van der Waals surface area (Å²) in [4.78, 5) is 2.76. The van der Waals surface area contributed by atoms with Crippen molar-refractivity contribution in [2.75, 3.05) is 13.1 Å². The first-order valence-electron chi connectivity index (χ1n) is 7.84. The van der Waals surface area contributed by atoms with E-state index in [-0.39, 0.29) is 5.54 Å². The second kappa shape index (κ2) is 6.91. The third-order valence-corrected chi connectivity index (χ3v) is 4.12. The monoisotopic (exact) mass is 254 g/mol. The van der Waals surface area contributed by atoms with Gasteiger partial charge < -0.3 is 5.32 Å². The van der Waals surface area contributed by atoms with Crippen molar-refractivity contribution in [3.05, 3.63) is 0 Å². The number of nitrogens with one attached hydrogen (secondary N) is 1. The van der Waals surface area contributed by atoms with Crippen LogP contribution in [0.5, 0.6) is 0 Å². The minimum Gasteiger partial charge on any atom is -0.311 e. The average molecular weight is 254 g/mol. The van der Waals surface area contributed by atoms with Crippen LogP contribution < -0.4 is 5.32 Å². The number of nitrogens with zero attached hydrogens (tertiary/aromatic N) is 1. The van der Waals surface area contributed by atoms with Crippen LogP contribution in [0.3, 0.4) is 0 Å². The highest BCUT2D eigenvalue weighted by Crippen LogP contribution is 2.25. The number of likely N-dealkylation sites (tertiary alicyclic amines) is 1. The van der Waals surface area contributed by atoms with E-state index in [2.05, 4.69) is 51.8 Å². The van der Waals surface area contributed by atoms with Crippen molar-refractivity contribution in [2.24, 2.45) is 5.92 Å². The first kappa shape index (κ1) is 16.0. The number of piperidine rings is 1. The molecule has 0 saturated carbocycles. The van der Waals surface area contributed by atoms with Gasteiger partial charge >= 0.3 is 0 Å². The van der Waals surface area contributed by atoms with Gasteiger partial charge in [-0.1, -0.05) is 20.3 Å². The molecule has 0 aromatic heterocycles. The molecule has 1 fully saturated rings. The smallest absolute Gasteiger partial charge is 0.0223 e. The Labute approximate surface area is 115 Å². The van der Waals surface area contributed by atoms with Gasteiger partial charge in [-0.05, 0) is 52.9 Å². The Balaban J connectivity index is 2.58. The molecule has 3 atom stereocenters. The lowest BCUT2D eigenvalue weighted by atomic mass is 9.92. The van der Waals surface area contributed by atoms with Crippen LogP contribution in [0, 0.1) is 5.92 Å². The molecule has 2 nitrogen and oxygen atoms in total. The van der Waals surface area contributed by atoms with Gasteiger partial charge in [-0.25, -0.2) is 0 Å². The Morgan fingerprint density at radius 2 is 1.89 bits per heavy atom. The van der Waals surface area contributed by atoms with Crippen LogP contribution >= 0.6 is 0 Å². The fourth-order valence-corrected chi connectivity index (χ4v) is 2.97. The minimum atomic E-state index is 0.233. The third-order valence-electron chi connectivity index (χ3n) is 4.12. The Morgan fingerprint density at radius 1 is 1.22 bits per heavy atom. The molecule has 1 aliphatic heterocycles. The Hall–Kier alpha value is -0.0800. The van der Waals surface area contributed by atoms with E-state index in [0.717, 1.165) is 18.5 Å². The summed E-state index contributed by atoms with van der Waals surface area (Å²) < 4.78 is 0. The van der Waals surface area contributed by atoms with Crippen LogP contribution in [-0.2, 0) is 0 Å². The highest BCUT2D eigenvalue weighted by atomic mass is 15.2. The lowest BCUT2D eigenvalue weighted by Gasteiger charge is -2.43. The Kier molecular flexibility index (Phi) is 6.13. The van der Waals surface area contributed by atoms with Crippen molar-refractivity contribution >= 4 is 0 Å². The zero-order chi connectivity index (χ0) is 13.8. The second-order valence-electron chi connectivity index (χ2n) is 7.30. The summed E-state index contributed by atoms with van der Waals surface area (Å²) >= 11 is 0. The molecule has 2 heteroatoms. The van der Waals surface area contributed by atoms with Crippen LogP contribution in [0.4, 0.5) is 0 Å². The van der Waals surface area contributed by atoms with Gasteiger partial charge in [0.25, 0.3) is 0 Å². The highest BCUT2D eigenvalue weighted by molar-refractivity contribution is 4.85. The summed E-state index contributed by atoms with van der Waals surface area (Å²) in [6.45, 7) is 16.3. The van der Waals surface area contributed by atoms with Gasteiger partial charge in [-0.15, -0.1) is 0 Å². The molecule has 0 bridgehead atoms. The van der Waals surface area contributed by atoms with E-state index >= 15 is 0 Å². The lowest BCUT2D eigenvalue weighted by molar-refractivity contribution is 0.0683. The van der Waals surface area contributed by atoms with Crippen molar-refractivity contribution in [1.82, 2.24) is 10.2 Å². The Morgan fingerprint density at radius 3 is 2.44 bits per heavy atom. The molecule has 1 aliphatic rings. The van der Waals surface area contributed by atoms with Gasteiger partial charge in [0.1, 0.15) is 0 Å². The summed E-state index contributed by atoms with van der Waals surface area (Å²) in [7, 11) is 0. The van der Waals surface area contributed by atoms with Crippen LogP contribution in [0.25, 0.3) is 0 Å². The van der Waals surface area contributed by atoms with Crippen LogP contribution in [0.2, 0.25) is 0 Å². The van der Waals surface area contributed by atoms with E-state index in [1.807, 2.05) is 0 Å². The molecule has 1 rings (SSSR count). The quantitative estimate of drug-likeness (QED) is 0.805. The summed E-state index contributed by atoms with van der Waals surface area (Å²) in [5.41, 5.74) is 0.233. The molecular formula is C16H34N2. The standard InChI is InChI=1S/C16H34N2/c1-7-8-15(11-17-16(4,5)6)18-12-13(2)9-10-14(18)3/h13-15,17H,7-12H2,1-6H3. The van der Waals surface area contributed by atoms with Crippen molar-refractivity contribution < 1.29 is 0 Å². The van der Waals surface area contributed by atoms with Crippen molar-refractivity contribution in [3.63, 3.8) is 0 Å². The van der Waals surface area contributed by atoms with Gasteiger partial charge in [0, 0.05) is 30.7 Å². The maximum absolute atomic E-state index is 3.70. The van der Waals surface area contributed by atoms with E-state index < -0.39 is 0 Å². The molecule has 1 N–H and O–H groups in total. The molecule has 0 aromatic rings. The third kappa shape index (κ3) is 5.27. The molecule has 0 amide bonds. The minimum absolute atomic E-state index is 0.233. The predicted octanol–water partition coefficient (Wildman–Crippen LogP) is 3.66. The van der Waals surface area contributed by atoms with Gasteiger partial charge in [0.15, 0.2) is 0 Å². The Bertz CT molecular complexity index is 232. The zero-order valence-corrected chi connectivity index (χ0v) is 13.4. The van der Waals surface area contributed by atoms with Gasteiger partial charge in [0.2, 0.25) is 0 Å². The van der Waals surface area contributed by atoms with E-state index in [1.54, 1.807) is 0 Å². The first-order chi connectivity index (χ1) is 8.33. The molecule has 0 radical (unpaired) electrons.